The maximum Gasteiger partial charge on any atom is 0.248 e. The van der Waals surface area contributed by atoms with Gasteiger partial charge in [0, 0.05) is 11.3 Å². The third-order valence-electron chi connectivity index (χ3n) is 4.54. The van der Waals surface area contributed by atoms with Crippen LogP contribution in [0.1, 0.15) is 18.4 Å². The number of hydrogen-bond acceptors (Lipinski definition) is 4. The summed E-state index contributed by atoms with van der Waals surface area (Å²) in [5.74, 6) is 1.20. The fourth-order valence-electron chi connectivity index (χ4n) is 3.10. The van der Waals surface area contributed by atoms with Crippen molar-refractivity contribution < 1.29 is 9.90 Å². The number of carbonyl (C=O) groups is 1. The monoisotopic (exact) mass is 302 g/mol. The van der Waals surface area contributed by atoms with Crippen molar-refractivity contribution in [3.05, 3.63) is 35.9 Å². The first-order valence-corrected chi connectivity index (χ1v) is 8.41. The van der Waals surface area contributed by atoms with Crippen LogP contribution in [-0.4, -0.2) is 51.4 Å². The summed E-state index contributed by atoms with van der Waals surface area (Å²) in [7, 11) is 0. The second-order valence-electron chi connectivity index (χ2n) is 6.20. The fraction of sp³-hybridized carbons (Fsp3) is 0.500. The Balaban J connectivity index is 1.41. The van der Waals surface area contributed by atoms with Gasteiger partial charge in [-0.25, -0.2) is 0 Å². The number of hydrogen-bond donors (Lipinski definition) is 1. The van der Waals surface area contributed by atoms with E-state index in [9.17, 15) is 9.90 Å². The zero-order chi connectivity index (χ0) is 14.4. The van der Waals surface area contributed by atoms with Crippen molar-refractivity contribution in [2.24, 2.45) is 10.9 Å². The number of nitrogens with zero attached hydrogens (tertiary/aromatic N) is 2. The van der Waals surface area contributed by atoms with E-state index in [1.807, 2.05) is 30.3 Å². The van der Waals surface area contributed by atoms with E-state index in [1.54, 1.807) is 16.7 Å². The SMILES string of the molecule is O=C(C1CSC(c2ccccc2)=N1)N1CC(O)(C2CC2)C1. The molecule has 1 N–H and O–H groups in total. The van der Waals surface area contributed by atoms with Gasteiger partial charge in [-0.05, 0) is 18.8 Å². The molecule has 0 bridgehead atoms. The molecule has 1 unspecified atom stereocenters. The minimum absolute atomic E-state index is 0.0683. The molecule has 1 aromatic carbocycles. The van der Waals surface area contributed by atoms with Gasteiger partial charge in [-0.3, -0.25) is 9.79 Å². The highest BCUT2D eigenvalue weighted by molar-refractivity contribution is 8.14. The predicted octanol–water partition coefficient (Wildman–Crippen LogP) is 1.53. The van der Waals surface area contributed by atoms with Gasteiger partial charge in [0.1, 0.15) is 11.6 Å². The van der Waals surface area contributed by atoms with Crippen LogP contribution in [0.15, 0.2) is 35.3 Å². The van der Waals surface area contributed by atoms with Crippen molar-refractivity contribution in [2.45, 2.75) is 24.5 Å². The molecule has 0 spiro atoms. The minimum Gasteiger partial charge on any atom is -0.386 e. The lowest BCUT2D eigenvalue weighted by atomic mass is 9.88. The molecule has 1 atom stereocenters. The Labute approximate surface area is 128 Å². The van der Waals surface area contributed by atoms with Crippen molar-refractivity contribution in [3.8, 4) is 0 Å². The quantitative estimate of drug-likeness (QED) is 0.921. The van der Waals surface area contributed by atoms with Crippen molar-refractivity contribution in [1.82, 2.24) is 4.90 Å². The van der Waals surface area contributed by atoms with Crippen LogP contribution in [0.5, 0.6) is 0 Å². The molecule has 21 heavy (non-hydrogen) atoms. The van der Waals surface area contributed by atoms with Crippen LogP contribution in [0.4, 0.5) is 0 Å². The molecule has 0 radical (unpaired) electrons. The summed E-state index contributed by atoms with van der Waals surface area (Å²) in [6.07, 6.45) is 2.21. The number of thioether (sulfide) groups is 1. The Hall–Kier alpha value is -1.33. The summed E-state index contributed by atoms with van der Waals surface area (Å²) in [6.45, 7) is 0.988. The third kappa shape index (κ3) is 2.38. The first-order chi connectivity index (χ1) is 10.2. The highest BCUT2D eigenvalue weighted by atomic mass is 32.2. The van der Waals surface area contributed by atoms with E-state index in [1.165, 1.54) is 0 Å². The molecule has 2 fully saturated rings. The number of aliphatic imine (C=N–C) groups is 1. The van der Waals surface area contributed by atoms with Crippen LogP contribution in [0.2, 0.25) is 0 Å². The van der Waals surface area contributed by atoms with E-state index in [-0.39, 0.29) is 11.9 Å². The Morgan fingerprint density at radius 2 is 2.00 bits per heavy atom. The molecule has 4 rings (SSSR count). The molecule has 4 nitrogen and oxygen atoms in total. The van der Waals surface area contributed by atoms with Gasteiger partial charge < -0.3 is 10.0 Å². The molecule has 1 amide bonds. The molecule has 1 saturated heterocycles. The van der Waals surface area contributed by atoms with Crippen LogP contribution < -0.4 is 0 Å². The summed E-state index contributed by atoms with van der Waals surface area (Å²) >= 11 is 1.64. The summed E-state index contributed by atoms with van der Waals surface area (Å²) in [5.41, 5.74) is 0.476. The molecule has 5 heteroatoms. The fourth-order valence-corrected chi connectivity index (χ4v) is 4.14. The average Bonchev–Trinajstić information content (AvgIpc) is 3.22. The lowest BCUT2D eigenvalue weighted by molar-refractivity contribution is -0.159. The highest BCUT2D eigenvalue weighted by Gasteiger charge is 2.54. The number of carbonyl (C=O) groups excluding carboxylic acids is 1. The topological polar surface area (TPSA) is 52.9 Å². The zero-order valence-electron chi connectivity index (χ0n) is 11.7. The minimum atomic E-state index is -0.604. The Morgan fingerprint density at radius 1 is 1.29 bits per heavy atom. The molecule has 110 valence electrons. The molecule has 2 heterocycles. The van der Waals surface area contributed by atoms with Gasteiger partial charge in [-0.15, -0.1) is 11.8 Å². The van der Waals surface area contributed by atoms with Gasteiger partial charge in [0.25, 0.3) is 0 Å². The van der Waals surface area contributed by atoms with Gasteiger partial charge >= 0.3 is 0 Å². The predicted molar refractivity (Wildman–Crippen MR) is 83.5 cm³/mol. The van der Waals surface area contributed by atoms with Crippen molar-refractivity contribution in [1.29, 1.82) is 0 Å². The number of rotatable bonds is 3. The lowest BCUT2D eigenvalue weighted by Crippen LogP contribution is -2.66. The van der Waals surface area contributed by atoms with Crippen molar-refractivity contribution in [2.75, 3.05) is 18.8 Å². The van der Waals surface area contributed by atoms with Crippen LogP contribution in [0.25, 0.3) is 0 Å². The van der Waals surface area contributed by atoms with E-state index in [2.05, 4.69) is 4.99 Å². The van der Waals surface area contributed by atoms with Crippen LogP contribution in [-0.2, 0) is 4.79 Å². The molecule has 3 aliphatic rings. The highest BCUT2D eigenvalue weighted by Crippen LogP contribution is 2.44. The molecule has 1 aliphatic carbocycles. The average molecular weight is 302 g/mol. The number of amides is 1. The van der Waals surface area contributed by atoms with Crippen molar-refractivity contribution in [3.63, 3.8) is 0 Å². The Kier molecular flexibility index (Phi) is 3.08. The van der Waals surface area contributed by atoms with Gasteiger partial charge in [-0.1, -0.05) is 30.3 Å². The number of β-amino-alcohol motifs (C(OH)–C–C–N with tert-alkyl or cyclic N) is 1. The first-order valence-electron chi connectivity index (χ1n) is 7.43. The van der Waals surface area contributed by atoms with E-state index in [4.69, 9.17) is 0 Å². The normalized spacial score (nSPS) is 27.2. The summed E-state index contributed by atoms with van der Waals surface area (Å²) in [6, 6.07) is 9.71. The Morgan fingerprint density at radius 3 is 2.67 bits per heavy atom. The molecular formula is C16H18N2O2S. The summed E-state index contributed by atoms with van der Waals surface area (Å²) < 4.78 is 0. The van der Waals surface area contributed by atoms with E-state index >= 15 is 0 Å². The van der Waals surface area contributed by atoms with Crippen LogP contribution in [0, 0.1) is 5.92 Å². The summed E-state index contributed by atoms with van der Waals surface area (Å²) in [5, 5.41) is 11.3. The van der Waals surface area contributed by atoms with E-state index in [0.29, 0.717) is 24.8 Å². The number of aliphatic hydroxyl groups is 1. The third-order valence-corrected chi connectivity index (χ3v) is 5.63. The molecule has 1 saturated carbocycles. The first kappa shape index (κ1) is 13.3. The second kappa shape index (κ2) is 4.85. The van der Waals surface area contributed by atoms with E-state index in [0.717, 1.165) is 23.4 Å². The molecule has 1 aromatic rings. The van der Waals surface area contributed by atoms with Gasteiger partial charge in [0.2, 0.25) is 5.91 Å². The number of benzene rings is 1. The maximum absolute atomic E-state index is 12.4. The second-order valence-corrected chi connectivity index (χ2v) is 7.21. The van der Waals surface area contributed by atoms with Gasteiger partial charge in [0.15, 0.2) is 0 Å². The lowest BCUT2D eigenvalue weighted by Gasteiger charge is -2.47. The van der Waals surface area contributed by atoms with Gasteiger partial charge in [-0.2, -0.15) is 0 Å². The standard InChI is InChI=1S/C16H18N2O2S/c19-15(18-9-16(20,10-18)12-6-7-12)13-8-21-14(17-13)11-4-2-1-3-5-11/h1-5,12-13,20H,6-10H2. The molecule has 0 aromatic heterocycles. The van der Waals surface area contributed by atoms with Crippen LogP contribution in [0.3, 0.4) is 0 Å². The van der Waals surface area contributed by atoms with Crippen molar-refractivity contribution >= 4 is 22.7 Å². The maximum atomic E-state index is 12.4. The zero-order valence-corrected chi connectivity index (χ0v) is 12.6. The Bertz CT molecular complexity index is 592. The summed E-state index contributed by atoms with van der Waals surface area (Å²) in [4.78, 5) is 18.8. The molecular weight excluding hydrogens is 284 g/mol. The van der Waals surface area contributed by atoms with Gasteiger partial charge in [0.05, 0.1) is 18.1 Å². The smallest absolute Gasteiger partial charge is 0.248 e. The largest absolute Gasteiger partial charge is 0.386 e. The van der Waals surface area contributed by atoms with Crippen LogP contribution >= 0.6 is 11.8 Å². The molecule has 2 aliphatic heterocycles. The van der Waals surface area contributed by atoms with E-state index < -0.39 is 5.60 Å². The number of likely N-dealkylation sites (tertiary alicyclic amines) is 1.